The summed E-state index contributed by atoms with van der Waals surface area (Å²) in [5, 5.41) is 13.4. The standard InChI is InChI=1S/C36H53N5O6/c1-24-9-7-15-37-32(43)12-11-26(3)34(27(4)22-40-17-13-28(14-18-40)39(5)6)47-36(45)31-10-8-16-41(31)35(44)30-23-46-33(38-30)21-25(2)20-29(42)19-24/h7,9,11-12,19,23,26-29,31,34,42H,2,8,10,13-18,20-22H2,1,3-6H3,(H,37,43)/b9-7+,12-11+,24-19+. The van der Waals surface area contributed by atoms with Gasteiger partial charge in [-0.1, -0.05) is 55.9 Å². The molecule has 2 amide bonds. The van der Waals surface area contributed by atoms with E-state index >= 15 is 0 Å². The number of piperidine rings is 1. The number of aromatic nitrogens is 1. The van der Waals surface area contributed by atoms with E-state index in [0.717, 1.165) is 38.0 Å². The van der Waals surface area contributed by atoms with Crippen LogP contribution in [0.2, 0.25) is 0 Å². The molecule has 2 N–H and O–H groups in total. The van der Waals surface area contributed by atoms with Gasteiger partial charge in [0.15, 0.2) is 11.6 Å². The van der Waals surface area contributed by atoms with Gasteiger partial charge >= 0.3 is 5.97 Å². The van der Waals surface area contributed by atoms with Crippen LogP contribution in [0.25, 0.3) is 0 Å². The zero-order valence-corrected chi connectivity index (χ0v) is 28.7. The third-order valence-electron chi connectivity index (χ3n) is 9.40. The summed E-state index contributed by atoms with van der Waals surface area (Å²) in [5.74, 6) is -1.02. The number of aliphatic hydroxyl groups excluding tert-OH is 1. The van der Waals surface area contributed by atoms with E-state index < -0.39 is 24.2 Å². The van der Waals surface area contributed by atoms with Crippen molar-refractivity contribution >= 4 is 17.8 Å². The molecule has 0 radical (unpaired) electrons. The van der Waals surface area contributed by atoms with Crippen LogP contribution in [0.1, 0.15) is 69.3 Å². The van der Waals surface area contributed by atoms with Gasteiger partial charge in [0.2, 0.25) is 5.91 Å². The first-order chi connectivity index (χ1) is 22.4. The van der Waals surface area contributed by atoms with Crippen LogP contribution < -0.4 is 5.32 Å². The minimum atomic E-state index is -0.764. The van der Waals surface area contributed by atoms with Crippen molar-refractivity contribution in [1.82, 2.24) is 25.0 Å². The van der Waals surface area contributed by atoms with Crippen LogP contribution in [-0.4, -0.2) is 114 Å². The molecular formula is C36H53N5O6. The summed E-state index contributed by atoms with van der Waals surface area (Å²) in [7, 11) is 4.24. The highest BCUT2D eigenvalue weighted by molar-refractivity contribution is 5.95. The van der Waals surface area contributed by atoms with Crippen LogP contribution in [0, 0.1) is 11.8 Å². The predicted molar refractivity (Wildman–Crippen MR) is 180 cm³/mol. The molecule has 11 nitrogen and oxygen atoms in total. The van der Waals surface area contributed by atoms with Crippen molar-refractivity contribution < 1.29 is 28.6 Å². The van der Waals surface area contributed by atoms with Crippen molar-refractivity contribution in [2.45, 2.75) is 83.6 Å². The lowest BCUT2D eigenvalue weighted by molar-refractivity contribution is -0.158. The molecule has 4 rings (SSSR count). The summed E-state index contributed by atoms with van der Waals surface area (Å²) in [5.41, 5.74) is 1.67. The number of esters is 1. The summed E-state index contributed by atoms with van der Waals surface area (Å²) < 4.78 is 11.9. The highest BCUT2D eigenvalue weighted by atomic mass is 16.5. The Kier molecular flexibility index (Phi) is 13.2. The molecule has 0 spiro atoms. The monoisotopic (exact) mass is 651 g/mol. The summed E-state index contributed by atoms with van der Waals surface area (Å²) in [6.07, 6.45) is 12.6. The van der Waals surface area contributed by atoms with Gasteiger partial charge < -0.3 is 34.3 Å². The molecule has 3 aliphatic heterocycles. The Morgan fingerprint density at radius 1 is 1.15 bits per heavy atom. The molecule has 1 aromatic heterocycles. The lowest BCUT2D eigenvalue weighted by Gasteiger charge is -2.38. The number of ether oxygens (including phenoxy) is 1. The van der Waals surface area contributed by atoms with Crippen molar-refractivity contribution in [3.8, 4) is 0 Å². The fraction of sp³-hybridized carbons (Fsp3) is 0.611. The van der Waals surface area contributed by atoms with E-state index in [1.165, 1.54) is 17.2 Å². The average molecular weight is 652 g/mol. The second-order valence-corrected chi connectivity index (χ2v) is 13.6. The first kappa shape index (κ1) is 36.3. The van der Waals surface area contributed by atoms with Crippen molar-refractivity contribution in [2.24, 2.45) is 11.8 Å². The fourth-order valence-corrected chi connectivity index (χ4v) is 6.79. The number of rotatable bonds is 4. The molecule has 2 fully saturated rings. The smallest absolute Gasteiger partial charge is 0.329 e. The minimum Gasteiger partial charge on any atom is -0.460 e. The SMILES string of the molecule is C=C1Cc2nc(co2)C(=O)N2CCCC2C(=O)OC(C(C)CN2CCC(N(C)C)CC2)C(C)/C=C/C(=O)NC/C=C/C(C)=C/C(O)C1. The number of likely N-dealkylation sites (tertiary alicyclic amines) is 1. The highest BCUT2D eigenvalue weighted by Crippen LogP contribution is 2.27. The normalized spacial score (nSPS) is 29.9. The molecule has 258 valence electrons. The van der Waals surface area contributed by atoms with Crippen LogP contribution in [0.15, 0.2) is 58.8 Å². The maximum atomic E-state index is 13.8. The van der Waals surface area contributed by atoms with Gasteiger partial charge in [-0.05, 0) is 72.3 Å². The third-order valence-corrected chi connectivity index (χ3v) is 9.40. The van der Waals surface area contributed by atoms with Gasteiger partial charge in [0.25, 0.3) is 5.91 Å². The van der Waals surface area contributed by atoms with Gasteiger partial charge in [0, 0.05) is 43.9 Å². The van der Waals surface area contributed by atoms with E-state index in [4.69, 9.17) is 9.15 Å². The van der Waals surface area contributed by atoms with Crippen LogP contribution in [0.3, 0.4) is 0 Å². The zero-order valence-electron chi connectivity index (χ0n) is 28.7. The topological polar surface area (TPSA) is 128 Å². The van der Waals surface area contributed by atoms with Crippen LogP contribution >= 0.6 is 0 Å². The maximum Gasteiger partial charge on any atom is 0.329 e. The van der Waals surface area contributed by atoms with Crippen molar-refractivity contribution in [3.63, 3.8) is 0 Å². The Labute approximate surface area is 279 Å². The Hall–Kier alpha value is -3.54. The first-order valence-corrected chi connectivity index (χ1v) is 16.9. The first-order valence-electron chi connectivity index (χ1n) is 16.9. The Bertz CT molecular complexity index is 1340. The molecule has 0 aliphatic carbocycles. The molecule has 4 heterocycles. The maximum absolute atomic E-state index is 13.8. The van der Waals surface area contributed by atoms with Gasteiger partial charge in [-0.15, -0.1) is 0 Å². The van der Waals surface area contributed by atoms with E-state index in [-0.39, 0.29) is 35.8 Å². The zero-order chi connectivity index (χ0) is 34.1. The van der Waals surface area contributed by atoms with E-state index in [0.29, 0.717) is 49.9 Å². The molecule has 2 bridgehead atoms. The second kappa shape index (κ2) is 17.0. The van der Waals surface area contributed by atoms with E-state index in [2.05, 4.69) is 47.7 Å². The van der Waals surface area contributed by atoms with Crippen LogP contribution in [-0.2, 0) is 20.7 Å². The Morgan fingerprint density at radius 3 is 2.62 bits per heavy atom. The number of hydrogen-bond acceptors (Lipinski definition) is 9. The molecule has 1 aromatic rings. The van der Waals surface area contributed by atoms with E-state index in [9.17, 15) is 19.5 Å². The number of allylic oxidation sites excluding steroid dienone is 2. The number of carbonyl (C=O) groups excluding carboxylic acids is 3. The van der Waals surface area contributed by atoms with Crippen LogP contribution in [0.4, 0.5) is 0 Å². The van der Waals surface area contributed by atoms with Gasteiger partial charge in [-0.25, -0.2) is 9.78 Å². The summed E-state index contributed by atoms with van der Waals surface area (Å²) in [6.45, 7) is 13.4. The quantitative estimate of drug-likeness (QED) is 0.371. The second-order valence-electron chi connectivity index (χ2n) is 13.6. The average Bonchev–Trinajstić information content (AvgIpc) is 3.70. The van der Waals surface area contributed by atoms with E-state index in [1.807, 2.05) is 26.0 Å². The van der Waals surface area contributed by atoms with Crippen molar-refractivity contribution in [3.05, 3.63) is 66.0 Å². The molecule has 11 heteroatoms. The summed E-state index contributed by atoms with van der Waals surface area (Å²) >= 11 is 0. The van der Waals surface area contributed by atoms with Crippen molar-refractivity contribution in [2.75, 3.05) is 46.8 Å². The lowest BCUT2D eigenvalue weighted by atomic mass is 9.91. The van der Waals surface area contributed by atoms with Gasteiger partial charge in [0.05, 0.1) is 6.10 Å². The number of aliphatic hydroxyl groups is 1. The summed E-state index contributed by atoms with van der Waals surface area (Å²) in [6, 6.07) is -0.170. The number of carbonyl (C=O) groups is 3. The fourth-order valence-electron chi connectivity index (χ4n) is 6.79. The lowest BCUT2D eigenvalue weighted by Crippen LogP contribution is -2.47. The largest absolute Gasteiger partial charge is 0.460 e. The number of fused-ring (bicyclic) bond motifs is 3. The Balaban J connectivity index is 1.55. The molecular weight excluding hydrogens is 598 g/mol. The van der Waals surface area contributed by atoms with Gasteiger partial charge in [-0.2, -0.15) is 0 Å². The predicted octanol–water partition coefficient (Wildman–Crippen LogP) is 3.53. The van der Waals surface area contributed by atoms with Crippen LogP contribution in [0.5, 0.6) is 0 Å². The number of nitrogens with one attached hydrogen (secondary N) is 1. The van der Waals surface area contributed by atoms with Gasteiger partial charge in [0.1, 0.15) is 18.4 Å². The number of oxazole rings is 1. The molecule has 2 saturated heterocycles. The summed E-state index contributed by atoms with van der Waals surface area (Å²) in [4.78, 5) is 50.7. The number of nitrogens with zero attached hydrogens (tertiary/aromatic N) is 4. The number of hydrogen-bond donors (Lipinski definition) is 2. The number of amides is 2. The minimum absolute atomic E-state index is 0.0168. The molecule has 0 saturated carbocycles. The number of cyclic esters (lactones) is 1. The third kappa shape index (κ3) is 10.5. The molecule has 5 unspecified atom stereocenters. The molecule has 3 aliphatic rings. The van der Waals surface area contributed by atoms with E-state index in [1.54, 1.807) is 12.2 Å². The Morgan fingerprint density at radius 2 is 1.89 bits per heavy atom. The molecule has 47 heavy (non-hydrogen) atoms. The molecule has 0 aromatic carbocycles. The van der Waals surface area contributed by atoms with Crippen molar-refractivity contribution in [1.29, 1.82) is 0 Å². The van der Waals surface area contributed by atoms with Gasteiger partial charge in [-0.3, -0.25) is 9.59 Å². The molecule has 5 atom stereocenters. The highest BCUT2D eigenvalue weighted by Gasteiger charge is 2.39.